The first-order chi connectivity index (χ1) is 9.65. The fourth-order valence-corrected chi connectivity index (χ4v) is 1.85. The highest BCUT2D eigenvalue weighted by molar-refractivity contribution is 6.30. The quantitative estimate of drug-likeness (QED) is 0.872. The van der Waals surface area contributed by atoms with E-state index in [9.17, 15) is 4.79 Å². The molecule has 1 atom stereocenters. The van der Waals surface area contributed by atoms with Crippen molar-refractivity contribution in [2.24, 2.45) is 0 Å². The van der Waals surface area contributed by atoms with Gasteiger partial charge in [-0.25, -0.2) is 0 Å². The summed E-state index contributed by atoms with van der Waals surface area (Å²) < 4.78 is 0. The minimum Gasteiger partial charge on any atom is -0.346 e. The molecule has 0 saturated carbocycles. The maximum absolute atomic E-state index is 11.8. The summed E-state index contributed by atoms with van der Waals surface area (Å²) in [5.74, 6) is -0.142. The molecule has 4 heteroatoms. The second kappa shape index (κ2) is 6.87. The van der Waals surface area contributed by atoms with E-state index in [-0.39, 0.29) is 11.9 Å². The van der Waals surface area contributed by atoms with Crippen molar-refractivity contribution in [2.75, 3.05) is 0 Å². The molecule has 102 valence electrons. The number of amides is 1. The van der Waals surface area contributed by atoms with Gasteiger partial charge in [0.15, 0.2) is 0 Å². The number of benzene rings is 1. The lowest BCUT2D eigenvalue weighted by Gasteiger charge is -2.11. The minimum atomic E-state index is -0.142. The Labute approximate surface area is 123 Å². The average molecular weight is 287 g/mol. The van der Waals surface area contributed by atoms with Gasteiger partial charge in [0, 0.05) is 23.5 Å². The van der Waals surface area contributed by atoms with Crippen LogP contribution in [0.25, 0.3) is 6.08 Å². The van der Waals surface area contributed by atoms with Crippen molar-refractivity contribution in [2.45, 2.75) is 13.0 Å². The van der Waals surface area contributed by atoms with Crippen LogP contribution in [0.5, 0.6) is 0 Å². The highest BCUT2D eigenvalue weighted by atomic mass is 35.5. The first kappa shape index (κ1) is 14.3. The third-order valence-corrected chi connectivity index (χ3v) is 3.09. The van der Waals surface area contributed by atoms with E-state index < -0.39 is 0 Å². The van der Waals surface area contributed by atoms with Crippen molar-refractivity contribution in [1.29, 1.82) is 0 Å². The van der Waals surface area contributed by atoms with Crippen LogP contribution < -0.4 is 5.32 Å². The number of rotatable bonds is 4. The van der Waals surface area contributed by atoms with Gasteiger partial charge in [0.05, 0.1) is 6.04 Å². The molecule has 0 saturated heterocycles. The fourth-order valence-electron chi connectivity index (χ4n) is 1.72. The van der Waals surface area contributed by atoms with E-state index in [2.05, 4.69) is 10.3 Å². The summed E-state index contributed by atoms with van der Waals surface area (Å²) in [6, 6.07) is 11.0. The van der Waals surface area contributed by atoms with E-state index >= 15 is 0 Å². The molecule has 1 aromatic carbocycles. The summed E-state index contributed by atoms with van der Waals surface area (Å²) in [7, 11) is 0. The molecule has 0 radical (unpaired) electrons. The highest BCUT2D eigenvalue weighted by Gasteiger charge is 2.06. The molecule has 0 fully saturated rings. The molecule has 1 heterocycles. The second-order valence-electron chi connectivity index (χ2n) is 4.40. The molecule has 20 heavy (non-hydrogen) atoms. The number of carbonyl (C=O) groups excluding carboxylic acids is 1. The zero-order valence-electron chi connectivity index (χ0n) is 11.1. The molecule has 1 aromatic heterocycles. The smallest absolute Gasteiger partial charge is 0.244 e. The van der Waals surface area contributed by atoms with Gasteiger partial charge in [0.2, 0.25) is 5.91 Å². The molecule has 3 nitrogen and oxygen atoms in total. The van der Waals surface area contributed by atoms with Crippen LogP contribution in [0.3, 0.4) is 0 Å². The standard InChI is InChI=1S/C16H15ClN2O/c1-12(14-3-2-10-18-11-14)19-16(20)9-6-13-4-7-15(17)8-5-13/h2-12H,1H3,(H,19,20)/b9-6+. The van der Waals surface area contributed by atoms with Crippen molar-refractivity contribution in [3.8, 4) is 0 Å². The molecule has 0 spiro atoms. The Balaban J connectivity index is 1.94. The lowest BCUT2D eigenvalue weighted by molar-refractivity contribution is -0.117. The third-order valence-electron chi connectivity index (χ3n) is 2.84. The molecule has 2 rings (SSSR count). The number of hydrogen-bond donors (Lipinski definition) is 1. The fraction of sp³-hybridized carbons (Fsp3) is 0.125. The third kappa shape index (κ3) is 4.21. The summed E-state index contributed by atoms with van der Waals surface area (Å²) in [6.45, 7) is 1.92. The number of pyridine rings is 1. The SMILES string of the molecule is CC(NC(=O)/C=C/c1ccc(Cl)cc1)c1cccnc1. The Kier molecular flexibility index (Phi) is 4.91. The molecular weight excluding hydrogens is 272 g/mol. The number of aromatic nitrogens is 1. The molecule has 0 bridgehead atoms. The molecule has 1 amide bonds. The van der Waals surface area contributed by atoms with E-state index in [0.29, 0.717) is 5.02 Å². The van der Waals surface area contributed by atoms with Crippen molar-refractivity contribution < 1.29 is 4.79 Å². The van der Waals surface area contributed by atoms with Crippen LogP contribution in [0.1, 0.15) is 24.1 Å². The lowest BCUT2D eigenvalue weighted by atomic mass is 10.1. The monoisotopic (exact) mass is 286 g/mol. The van der Waals surface area contributed by atoms with Crippen LogP contribution in [-0.4, -0.2) is 10.9 Å². The molecule has 1 unspecified atom stereocenters. The Morgan fingerprint density at radius 2 is 2.05 bits per heavy atom. The molecule has 0 aliphatic carbocycles. The normalized spacial score (nSPS) is 12.3. The van der Waals surface area contributed by atoms with E-state index in [0.717, 1.165) is 11.1 Å². The minimum absolute atomic E-state index is 0.0777. The predicted octanol–water partition coefficient (Wildman–Crippen LogP) is 3.63. The average Bonchev–Trinajstić information content (AvgIpc) is 2.47. The largest absolute Gasteiger partial charge is 0.346 e. The molecule has 0 aliphatic rings. The number of halogens is 1. The number of nitrogens with one attached hydrogen (secondary N) is 1. The summed E-state index contributed by atoms with van der Waals surface area (Å²) in [6.07, 6.45) is 6.71. The maximum Gasteiger partial charge on any atom is 0.244 e. The maximum atomic E-state index is 11.8. The topological polar surface area (TPSA) is 42.0 Å². The molecule has 1 N–H and O–H groups in total. The van der Waals surface area contributed by atoms with Gasteiger partial charge in [-0.1, -0.05) is 29.8 Å². The Bertz CT molecular complexity index is 594. The molecule has 0 aliphatic heterocycles. The van der Waals surface area contributed by atoms with Crippen LogP contribution in [-0.2, 0) is 4.79 Å². The predicted molar refractivity (Wildman–Crippen MR) is 81.3 cm³/mol. The van der Waals surface area contributed by atoms with Crippen molar-refractivity contribution >= 4 is 23.6 Å². The Hall–Kier alpha value is -2.13. The van der Waals surface area contributed by atoms with E-state index in [1.165, 1.54) is 6.08 Å². The first-order valence-corrected chi connectivity index (χ1v) is 6.67. The number of nitrogens with zero attached hydrogens (tertiary/aromatic N) is 1. The van der Waals surface area contributed by atoms with Gasteiger partial charge in [-0.05, 0) is 42.3 Å². The number of hydrogen-bond acceptors (Lipinski definition) is 2. The zero-order valence-corrected chi connectivity index (χ0v) is 11.8. The van der Waals surface area contributed by atoms with Crippen LogP contribution >= 0.6 is 11.6 Å². The van der Waals surface area contributed by atoms with E-state index in [4.69, 9.17) is 11.6 Å². The van der Waals surface area contributed by atoms with Gasteiger partial charge in [-0.2, -0.15) is 0 Å². The van der Waals surface area contributed by atoms with Crippen molar-refractivity contribution in [3.05, 3.63) is 71.0 Å². The first-order valence-electron chi connectivity index (χ1n) is 6.29. The van der Waals surface area contributed by atoms with Crippen molar-refractivity contribution in [3.63, 3.8) is 0 Å². The zero-order chi connectivity index (χ0) is 14.4. The van der Waals surface area contributed by atoms with Crippen LogP contribution in [0, 0.1) is 0 Å². The Morgan fingerprint density at radius 1 is 1.30 bits per heavy atom. The van der Waals surface area contributed by atoms with Gasteiger partial charge >= 0.3 is 0 Å². The summed E-state index contributed by atoms with van der Waals surface area (Å²) in [5, 5.41) is 3.56. The van der Waals surface area contributed by atoms with E-state index in [1.54, 1.807) is 30.6 Å². The number of carbonyl (C=O) groups is 1. The van der Waals surface area contributed by atoms with Gasteiger partial charge in [0.25, 0.3) is 0 Å². The highest BCUT2D eigenvalue weighted by Crippen LogP contribution is 2.11. The lowest BCUT2D eigenvalue weighted by Crippen LogP contribution is -2.24. The van der Waals surface area contributed by atoms with E-state index in [1.807, 2.05) is 31.2 Å². The molecular formula is C16H15ClN2O. The summed E-state index contributed by atoms with van der Waals surface area (Å²) in [5.41, 5.74) is 1.90. The van der Waals surface area contributed by atoms with Crippen LogP contribution in [0.2, 0.25) is 5.02 Å². The van der Waals surface area contributed by atoms with Gasteiger partial charge in [-0.3, -0.25) is 9.78 Å². The Morgan fingerprint density at radius 3 is 2.70 bits per heavy atom. The van der Waals surface area contributed by atoms with Gasteiger partial charge in [0.1, 0.15) is 0 Å². The van der Waals surface area contributed by atoms with Gasteiger partial charge < -0.3 is 5.32 Å². The summed E-state index contributed by atoms with van der Waals surface area (Å²) >= 11 is 5.80. The van der Waals surface area contributed by atoms with Crippen LogP contribution in [0.4, 0.5) is 0 Å². The van der Waals surface area contributed by atoms with Crippen molar-refractivity contribution in [1.82, 2.24) is 10.3 Å². The second-order valence-corrected chi connectivity index (χ2v) is 4.84. The van der Waals surface area contributed by atoms with Gasteiger partial charge in [-0.15, -0.1) is 0 Å². The summed E-state index contributed by atoms with van der Waals surface area (Å²) in [4.78, 5) is 15.9. The molecule has 2 aromatic rings. The van der Waals surface area contributed by atoms with Crippen LogP contribution in [0.15, 0.2) is 54.9 Å².